The molecule has 11 heteroatoms. The van der Waals surface area contributed by atoms with Gasteiger partial charge in [-0.15, -0.1) is 0 Å². The summed E-state index contributed by atoms with van der Waals surface area (Å²) in [4.78, 5) is 23.7. The lowest BCUT2D eigenvalue weighted by Gasteiger charge is -2.10. The van der Waals surface area contributed by atoms with Crippen LogP contribution in [0, 0.1) is 20.2 Å². The van der Waals surface area contributed by atoms with E-state index in [4.69, 9.17) is 4.42 Å². The van der Waals surface area contributed by atoms with Gasteiger partial charge in [-0.3, -0.25) is 20.2 Å². The highest BCUT2D eigenvalue weighted by Crippen LogP contribution is 2.39. The van der Waals surface area contributed by atoms with E-state index in [1.807, 2.05) is 0 Å². The predicted octanol–water partition coefficient (Wildman–Crippen LogP) is 4.33. The Kier molecular flexibility index (Phi) is 3.63. The zero-order chi connectivity index (χ0) is 18.4. The molecule has 0 N–H and O–H groups in total. The number of rotatable bonds is 3. The van der Waals surface area contributed by atoms with E-state index in [2.05, 4.69) is 4.98 Å². The summed E-state index contributed by atoms with van der Waals surface area (Å²) in [7, 11) is 0. The number of nitrogens with zero attached hydrogens (tertiary/aromatic N) is 3. The molecule has 0 atom stereocenters. The Morgan fingerprint density at radius 3 is 2.16 bits per heavy atom. The highest BCUT2D eigenvalue weighted by molar-refractivity contribution is 5.79. The van der Waals surface area contributed by atoms with E-state index in [1.165, 1.54) is 6.07 Å². The van der Waals surface area contributed by atoms with Crippen molar-refractivity contribution in [2.24, 2.45) is 0 Å². The molecule has 0 saturated carbocycles. The molecule has 1 aromatic heterocycles. The molecule has 3 rings (SSSR count). The van der Waals surface area contributed by atoms with Crippen LogP contribution in [-0.2, 0) is 6.18 Å². The number of nitro benzene ring substituents is 2. The lowest BCUT2D eigenvalue weighted by atomic mass is 10.1. The molecule has 0 saturated heterocycles. The summed E-state index contributed by atoms with van der Waals surface area (Å²) >= 11 is 0. The second-order valence-electron chi connectivity index (χ2n) is 4.91. The third-order valence-corrected chi connectivity index (χ3v) is 3.33. The van der Waals surface area contributed by atoms with Gasteiger partial charge in [0.15, 0.2) is 5.58 Å². The van der Waals surface area contributed by atoms with Crippen molar-refractivity contribution in [2.45, 2.75) is 6.18 Å². The summed E-state index contributed by atoms with van der Waals surface area (Å²) in [6, 6.07) is 5.54. The number of non-ortho nitro benzene ring substituents is 2. The molecule has 128 valence electrons. The smallest absolute Gasteiger partial charge is 0.417 e. The van der Waals surface area contributed by atoms with Crippen LogP contribution in [0.5, 0.6) is 0 Å². The van der Waals surface area contributed by atoms with Crippen LogP contribution < -0.4 is 0 Å². The van der Waals surface area contributed by atoms with Gasteiger partial charge in [0.2, 0.25) is 5.89 Å². The fourth-order valence-corrected chi connectivity index (χ4v) is 2.21. The number of nitro groups is 2. The van der Waals surface area contributed by atoms with Gasteiger partial charge in [-0.1, -0.05) is 0 Å². The molecule has 0 bridgehead atoms. The summed E-state index contributed by atoms with van der Waals surface area (Å²) in [5.74, 6) is -0.447. The highest BCUT2D eigenvalue weighted by atomic mass is 19.4. The number of halogens is 3. The first-order valence-electron chi connectivity index (χ1n) is 6.58. The van der Waals surface area contributed by atoms with E-state index in [9.17, 15) is 33.4 Å². The number of oxazole rings is 1. The van der Waals surface area contributed by atoms with Gasteiger partial charge in [0.05, 0.1) is 15.4 Å². The van der Waals surface area contributed by atoms with Crippen LogP contribution >= 0.6 is 0 Å². The van der Waals surface area contributed by atoms with E-state index in [0.717, 1.165) is 24.3 Å². The van der Waals surface area contributed by atoms with Gasteiger partial charge in [-0.2, -0.15) is 13.2 Å². The van der Waals surface area contributed by atoms with Crippen LogP contribution in [0.15, 0.2) is 40.8 Å². The van der Waals surface area contributed by atoms with Crippen molar-refractivity contribution in [1.29, 1.82) is 0 Å². The zero-order valence-corrected chi connectivity index (χ0v) is 12.0. The van der Waals surface area contributed by atoms with Crippen molar-refractivity contribution in [3.05, 3.63) is 62.2 Å². The number of hydrogen-bond donors (Lipinski definition) is 0. The van der Waals surface area contributed by atoms with Crippen LogP contribution in [0.2, 0.25) is 0 Å². The second-order valence-corrected chi connectivity index (χ2v) is 4.91. The predicted molar refractivity (Wildman–Crippen MR) is 77.8 cm³/mol. The first-order chi connectivity index (χ1) is 11.7. The number of fused-ring (bicyclic) bond motifs is 1. The third-order valence-electron chi connectivity index (χ3n) is 3.33. The van der Waals surface area contributed by atoms with Crippen LogP contribution in [-0.4, -0.2) is 14.8 Å². The fourth-order valence-electron chi connectivity index (χ4n) is 2.21. The maximum atomic E-state index is 13.2. The monoisotopic (exact) mass is 353 g/mol. The van der Waals surface area contributed by atoms with Crippen LogP contribution in [0.3, 0.4) is 0 Å². The molecule has 3 aromatic rings. The molecule has 0 unspecified atom stereocenters. The summed E-state index contributed by atoms with van der Waals surface area (Å²) in [6.07, 6.45) is -4.88. The maximum absolute atomic E-state index is 13.2. The number of hydrogen-bond acceptors (Lipinski definition) is 6. The number of aromatic nitrogens is 1. The molecule has 2 aromatic carbocycles. The van der Waals surface area contributed by atoms with Gasteiger partial charge in [-0.05, 0) is 12.1 Å². The minimum Gasteiger partial charge on any atom is -0.436 e. The van der Waals surface area contributed by atoms with Gasteiger partial charge in [0.1, 0.15) is 5.52 Å². The number of benzene rings is 2. The van der Waals surface area contributed by atoms with E-state index in [0.29, 0.717) is 6.07 Å². The van der Waals surface area contributed by atoms with Crippen molar-refractivity contribution in [1.82, 2.24) is 4.98 Å². The standard InChI is InChI=1S/C14H6F3N3O5/c15-14(16,17)10-5-7(19(21)22)1-3-9(10)13-18-11-6-8(20(23)24)2-4-12(11)25-13/h1-6H. The fraction of sp³-hybridized carbons (Fsp3) is 0.0714. The van der Waals surface area contributed by atoms with Gasteiger partial charge in [0, 0.05) is 29.8 Å². The van der Waals surface area contributed by atoms with E-state index >= 15 is 0 Å². The first kappa shape index (κ1) is 16.4. The summed E-state index contributed by atoms with van der Waals surface area (Å²) in [6.45, 7) is 0. The lowest BCUT2D eigenvalue weighted by molar-refractivity contribution is -0.385. The molecule has 0 spiro atoms. The molecule has 0 aliphatic heterocycles. The van der Waals surface area contributed by atoms with Crippen molar-refractivity contribution in [3.63, 3.8) is 0 Å². The maximum Gasteiger partial charge on any atom is 0.417 e. The van der Waals surface area contributed by atoms with Crippen molar-refractivity contribution in [3.8, 4) is 11.5 Å². The second kappa shape index (κ2) is 5.54. The Bertz CT molecular complexity index is 1010. The highest BCUT2D eigenvalue weighted by Gasteiger charge is 2.36. The van der Waals surface area contributed by atoms with Crippen LogP contribution in [0.1, 0.15) is 5.56 Å². The zero-order valence-electron chi connectivity index (χ0n) is 12.0. The van der Waals surface area contributed by atoms with E-state index in [-0.39, 0.29) is 16.8 Å². The largest absolute Gasteiger partial charge is 0.436 e. The van der Waals surface area contributed by atoms with Crippen LogP contribution in [0.4, 0.5) is 24.5 Å². The van der Waals surface area contributed by atoms with Gasteiger partial charge in [-0.25, -0.2) is 4.98 Å². The van der Waals surface area contributed by atoms with E-state index < -0.39 is 38.7 Å². The van der Waals surface area contributed by atoms with Crippen molar-refractivity contribution in [2.75, 3.05) is 0 Å². The molecule has 0 amide bonds. The summed E-state index contributed by atoms with van der Waals surface area (Å²) in [5.41, 5.74) is -2.78. The quantitative estimate of drug-likeness (QED) is 0.511. The molecule has 0 aliphatic rings. The van der Waals surface area contributed by atoms with Crippen molar-refractivity contribution < 1.29 is 27.4 Å². The Labute approximate surface area is 135 Å². The first-order valence-corrected chi connectivity index (χ1v) is 6.58. The summed E-state index contributed by atoms with van der Waals surface area (Å²) in [5, 5.41) is 21.4. The molecular formula is C14H6F3N3O5. The number of alkyl halides is 3. The average molecular weight is 353 g/mol. The Morgan fingerprint density at radius 1 is 0.960 bits per heavy atom. The molecule has 0 aliphatic carbocycles. The SMILES string of the molecule is O=[N+]([O-])c1ccc(-c2nc3cc([N+](=O)[O-])ccc3o2)c(C(F)(F)F)c1. The van der Waals surface area contributed by atoms with Gasteiger partial charge < -0.3 is 4.42 Å². The average Bonchev–Trinajstić information content (AvgIpc) is 2.96. The van der Waals surface area contributed by atoms with E-state index in [1.54, 1.807) is 0 Å². The molecule has 8 nitrogen and oxygen atoms in total. The third kappa shape index (κ3) is 2.98. The topological polar surface area (TPSA) is 112 Å². The molecule has 0 fully saturated rings. The molecular weight excluding hydrogens is 347 g/mol. The minimum absolute atomic E-state index is 0.00400. The van der Waals surface area contributed by atoms with Gasteiger partial charge in [0.25, 0.3) is 11.4 Å². The molecule has 0 radical (unpaired) electrons. The Hall–Kier alpha value is -3.50. The Morgan fingerprint density at radius 2 is 1.56 bits per heavy atom. The minimum atomic E-state index is -4.88. The molecule has 1 heterocycles. The van der Waals surface area contributed by atoms with Gasteiger partial charge >= 0.3 is 6.18 Å². The summed E-state index contributed by atoms with van der Waals surface area (Å²) < 4.78 is 44.9. The van der Waals surface area contributed by atoms with Crippen molar-refractivity contribution >= 4 is 22.5 Å². The molecule has 25 heavy (non-hydrogen) atoms. The normalized spacial score (nSPS) is 11.6. The Balaban J connectivity index is 2.20. The van der Waals surface area contributed by atoms with Crippen LogP contribution in [0.25, 0.3) is 22.6 Å². The lowest BCUT2D eigenvalue weighted by Crippen LogP contribution is -2.08.